The lowest BCUT2D eigenvalue weighted by Gasteiger charge is -2.08. The molecule has 0 fully saturated rings. The molecule has 0 atom stereocenters. The van der Waals surface area contributed by atoms with E-state index in [0.717, 1.165) is 38.0 Å². The van der Waals surface area contributed by atoms with E-state index in [0.29, 0.717) is 0 Å². The van der Waals surface area contributed by atoms with Crippen LogP contribution in [0.3, 0.4) is 0 Å². The first-order valence-corrected chi connectivity index (χ1v) is 7.18. The van der Waals surface area contributed by atoms with Crippen LogP contribution in [0.1, 0.15) is 37.9 Å². The molecular formula is C16H23N3. The van der Waals surface area contributed by atoms with E-state index in [2.05, 4.69) is 60.8 Å². The molecule has 0 radical (unpaired) electrons. The number of aromatic nitrogens is 2. The van der Waals surface area contributed by atoms with Gasteiger partial charge in [-0.2, -0.15) is 5.10 Å². The van der Waals surface area contributed by atoms with Gasteiger partial charge in [-0.1, -0.05) is 38.5 Å². The van der Waals surface area contributed by atoms with Gasteiger partial charge in [-0.15, -0.1) is 0 Å². The fraction of sp³-hybridized carbons (Fsp3) is 0.438. The maximum absolute atomic E-state index is 4.65. The van der Waals surface area contributed by atoms with Crippen molar-refractivity contribution in [1.29, 1.82) is 0 Å². The number of nitrogens with zero attached hydrogens (tertiary/aromatic N) is 2. The fourth-order valence-electron chi connectivity index (χ4n) is 2.20. The highest BCUT2D eigenvalue weighted by Crippen LogP contribution is 2.15. The summed E-state index contributed by atoms with van der Waals surface area (Å²) in [6.45, 7) is 6.27. The predicted octanol–water partition coefficient (Wildman–Crippen LogP) is 3.32. The summed E-state index contributed by atoms with van der Waals surface area (Å²) in [5, 5.41) is 8.03. The zero-order valence-corrected chi connectivity index (χ0v) is 11.9. The van der Waals surface area contributed by atoms with Crippen LogP contribution in [-0.4, -0.2) is 16.3 Å². The zero-order valence-electron chi connectivity index (χ0n) is 11.9. The molecular weight excluding hydrogens is 234 g/mol. The first kappa shape index (κ1) is 13.8. The molecule has 0 bridgehead atoms. The number of benzene rings is 1. The molecule has 3 nitrogen and oxygen atoms in total. The first-order chi connectivity index (χ1) is 9.35. The van der Waals surface area contributed by atoms with Crippen molar-refractivity contribution in [3.63, 3.8) is 0 Å². The van der Waals surface area contributed by atoms with Gasteiger partial charge in [-0.25, -0.2) is 4.68 Å². The second-order valence-corrected chi connectivity index (χ2v) is 4.81. The highest BCUT2D eigenvalue weighted by atomic mass is 15.3. The topological polar surface area (TPSA) is 29.9 Å². The van der Waals surface area contributed by atoms with Crippen molar-refractivity contribution in [2.24, 2.45) is 0 Å². The van der Waals surface area contributed by atoms with Crippen molar-refractivity contribution in [2.45, 2.75) is 39.7 Å². The normalized spacial score (nSPS) is 10.8. The molecule has 1 heterocycles. The third kappa shape index (κ3) is 3.67. The van der Waals surface area contributed by atoms with Crippen LogP contribution in [0, 0.1) is 0 Å². The largest absolute Gasteiger partial charge is 0.311 e. The van der Waals surface area contributed by atoms with Crippen molar-refractivity contribution in [3.05, 3.63) is 47.8 Å². The molecule has 102 valence electrons. The SMILES string of the molecule is CCCNCc1ccn(-c2ccccc2CCC)n1. The molecule has 1 N–H and O–H groups in total. The van der Waals surface area contributed by atoms with Gasteiger partial charge in [0.05, 0.1) is 11.4 Å². The van der Waals surface area contributed by atoms with Crippen molar-refractivity contribution < 1.29 is 0 Å². The fourth-order valence-corrected chi connectivity index (χ4v) is 2.20. The first-order valence-electron chi connectivity index (χ1n) is 7.18. The number of hydrogen-bond donors (Lipinski definition) is 1. The van der Waals surface area contributed by atoms with Gasteiger partial charge in [-0.05, 0) is 37.1 Å². The maximum Gasteiger partial charge on any atom is 0.0766 e. The number of nitrogens with one attached hydrogen (secondary N) is 1. The summed E-state index contributed by atoms with van der Waals surface area (Å²) in [5.41, 5.74) is 3.66. The minimum Gasteiger partial charge on any atom is -0.311 e. The highest BCUT2D eigenvalue weighted by molar-refractivity contribution is 5.40. The molecule has 2 aromatic rings. The minimum absolute atomic E-state index is 0.844. The Hall–Kier alpha value is -1.61. The molecule has 2 rings (SSSR count). The Kier molecular flexibility index (Phi) is 5.16. The Labute approximate surface area is 115 Å². The van der Waals surface area contributed by atoms with Crippen LogP contribution in [-0.2, 0) is 13.0 Å². The Morgan fingerprint density at radius 3 is 2.74 bits per heavy atom. The van der Waals surface area contributed by atoms with Gasteiger partial charge in [0.15, 0.2) is 0 Å². The van der Waals surface area contributed by atoms with E-state index in [1.165, 1.54) is 11.3 Å². The number of hydrogen-bond acceptors (Lipinski definition) is 2. The second-order valence-electron chi connectivity index (χ2n) is 4.81. The average Bonchev–Trinajstić information content (AvgIpc) is 2.89. The summed E-state index contributed by atoms with van der Waals surface area (Å²) in [6, 6.07) is 10.6. The highest BCUT2D eigenvalue weighted by Gasteiger charge is 2.05. The van der Waals surface area contributed by atoms with Crippen LogP contribution in [0.25, 0.3) is 5.69 Å². The minimum atomic E-state index is 0.844. The van der Waals surface area contributed by atoms with Crippen molar-refractivity contribution >= 4 is 0 Å². The third-order valence-corrected chi connectivity index (χ3v) is 3.13. The van der Waals surface area contributed by atoms with E-state index in [4.69, 9.17) is 0 Å². The van der Waals surface area contributed by atoms with Crippen LogP contribution >= 0.6 is 0 Å². The molecule has 0 aliphatic heterocycles. The van der Waals surface area contributed by atoms with E-state index in [9.17, 15) is 0 Å². The van der Waals surface area contributed by atoms with E-state index in [1.54, 1.807) is 0 Å². The lowest BCUT2D eigenvalue weighted by atomic mass is 10.1. The van der Waals surface area contributed by atoms with Gasteiger partial charge in [0.1, 0.15) is 0 Å². The van der Waals surface area contributed by atoms with Gasteiger partial charge in [0.25, 0.3) is 0 Å². The number of aryl methyl sites for hydroxylation is 1. The van der Waals surface area contributed by atoms with Crippen LogP contribution in [0.4, 0.5) is 0 Å². The molecule has 1 aromatic carbocycles. The van der Waals surface area contributed by atoms with Gasteiger partial charge in [0, 0.05) is 12.7 Å². The molecule has 3 heteroatoms. The van der Waals surface area contributed by atoms with E-state index in [-0.39, 0.29) is 0 Å². The molecule has 0 aliphatic rings. The van der Waals surface area contributed by atoms with Crippen LogP contribution in [0.15, 0.2) is 36.5 Å². The number of para-hydroxylation sites is 1. The predicted molar refractivity (Wildman–Crippen MR) is 79.6 cm³/mol. The summed E-state index contributed by atoms with van der Waals surface area (Å²) >= 11 is 0. The Bertz CT molecular complexity index is 502. The molecule has 19 heavy (non-hydrogen) atoms. The lowest BCUT2D eigenvalue weighted by Crippen LogP contribution is -2.14. The molecule has 0 spiro atoms. The van der Waals surface area contributed by atoms with E-state index < -0.39 is 0 Å². The van der Waals surface area contributed by atoms with Gasteiger partial charge in [-0.3, -0.25) is 0 Å². The van der Waals surface area contributed by atoms with E-state index in [1.807, 2.05) is 4.68 Å². The molecule has 0 saturated carbocycles. The van der Waals surface area contributed by atoms with E-state index >= 15 is 0 Å². The maximum atomic E-state index is 4.65. The summed E-state index contributed by atoms with van der Waals surface area (Å²) in [6.07, 6.45) is 5.46. The van der Waals surface area contributed by atoms with Crippen molar-refractivity contribution in [2.75, 3.05) is 6.54 Å². The molecule has 0 aliphatic carbocycles. The molecule has 0 amide bonds. The zero-order chi connectivity index (χ0) is 13.5. The summed E-state index contributed by atoms with van der Waals surface area (Å²) in [4.78, 5) is 0. The molecule has 0 saturated heterocycles. The summed E-state index contributed by atoms with van der Waals surface area (Å²) in [7, 11) is 0. The monoisotopic (exact) mass is 257 g/mol. The van der Waals surface area contributed by atoms with Crippen LogP contribution in [0.5, 0.6) is 0 Å². The van der Waals surface area contributed by atoms with Crippen molar-refractivity contribution in [3.8, 4) is 5.69 Å². The quantitative estimate of drug-likeness (QED) is 0.771. The van der Waals surface area contributed by atoms with Gasteiger partial charge < -0.3 is 5.32 Å². The third-order valence-electron chi connectivity index (χ3n) is 3.13. The lowest BCUT2D eigenvalue weighted by molar-refractivity contribution is 0.656. The van der Waals surface area contributed by atoms with Crippen molar-refractivity contribution in [1.82, 2.24) is 15.1 Å². The standard InChI is InChI=1S/C16H23N3/c1-3-7-14-8-5-6-9-16(14)19-12-10-15(18-19)13-17-11-4-2/h5-6,8-10,12,17H,3-4,7,11,13H2,1-2H3. The summed E-state index contributed by atoms with van der Waals surface area (Å²) < 4.78 is 1.99. The second kappa shape index (κ2) is 7.10. The van der Waals surface area contributed by atoms with Crippen LogP contribution < -0.4 is 5.32 Å². The number of rotatable bonds is 7. The van der Waals surface area contributed by atoms with Gasteiger partial charge in [0.2, 0.25) is 0 Å². The Morgan fingerprint density at radius 1 is 1.11 bits per heavy atom. The average molecular weight is 257 g/mol. The van der Waals surface area contributed by atoms with Crippen LogP contribution in [0.2, 0.25) is 0 Å². The molecule has 1 aromatic heterocycles. The Balaban J connectivity index is 2.13. The Morgan fingerprint density at radius 2 is 1.95 bits per heavy atom. The molecule has 0 unspecified atom stereocenters. The van der Waals surface area contributed by atoms with Gasteiger partial charge >= 0.3 is 0 Å². The smallest absolute Gasteiger partial charge is 0.0766 e. The summed E-state index contributed by atoms with van der Waals surface area (Å²) in [5.74, 6) is 0.